The van der Waals surface area contributed by atoms with Crippen LogP contribution in [0.1, 0.15) is 45.1 Å². The van der Waals surface area contributed by atoms with E-state index in [1.807, 2.05) is 30.3 Å². The standard InChI is InChI=1S/C25H34N2O5S/c1-3-5-13-26-22(29)21-25-12-11-18(33-25)19(24(31)32-4-2)20(25)23(30)27(21)17(15-28)14-16-9-7-6-8-10-16/h6-10,17-21,28H,3-5,11-15H2,1-2H3,(H,26,29)/t17-,18-,19+,20+,21?,25?/m1/s1. The van der Waals surface area contributed by atoms with Crippen molar-refractivity contribution in [3.63, 3.8) is 0 Å². The molecular weight excluding hydrogens is 440 g/mol. The lowest BCUT2D eigenvalue weighted by atomic mass is 9.71. The molecule has 0 saturated carbocycles. The Morgan fingerprint density at radius 3 is 2.73 bits per heavy atom. The van der Waals surface area contributed by atoms with Gasteiger partial charge in [-0.25, -0.2) is 0 Å². The molecule has 0 aliphatic carbocycles. The Balaban J connectivity index is 1.70. The van der Waals surface area contributed by atoms with E-state index in [9.17, 15) is 19.5 Å². The first-order valence-electron chi connectivity index (χ1n) is 12.1. The van der Waals surface area contributed by atoms with Crippen LogP contribution < -0.4 is 5.32 Å². The maximum Gasteiger partial charge on any atom is 0.310 e. The van der Waals surface area contributed by atoms with Crippen LogP contribution in [0.25, 0.3) is 0 Å². The summed E-state index contributed by atoms with van der Waals surface area (Å²) in [4.78, 5) is 42.0. The zero-order valence-electron chi connectivity index (χ0n) is 19.4. The second-order valence-electron chi connectivity index (χ2n) is 9.22. The largest absolute Gasteiger partial charge is 0.466 e. The summed E-state index contributed by atoms with van der Waals surface area (Å²) in [5, 5.41) is 13.4. The third-order valence-corrected chi connectivity index (χ3v) is 9.24. The van der Waals surface area contributed by atoms with Gasteiger partial charge in [0.05, 0.1) is 35.8 Å². The van der Waals surface area contributed by atoms with Crippen molar-refractivity contribution in [2.75, 3.05) is 19.8 Å². The average Bonchev–Trinajstić information content (AvgIpc) is 3.46. The molecule has 8 heteroatoms. The van der Waals surface area contributed by atoms with Crippen LogP contribution >= 0.6 is 11.8 Å². The summed E-state index contributed by atoms with van der Waals surface area (Å²) in [5.74, 6) is -1.85. The van der Waals surface area contributed by atoms with E-state index < -0.39 is 28.7 Å². The number of aliphatic hydroxyl groups excluding tert-OH is 1. The summed E-state index contributed by atoms with van der Waals surface area (Å²) in [6.45, 7) is 4.39. The lowest BCUT2D eigenvalue weighted by molar-refractivity contribution is -0.154. The van der Waals surface area contributed by atoms with Crippen molar-refractivity contribution in [2.24, 2.45) is 11.8 Å². The minimum absolute atomic E-state index is 0.00667. The van der Waals surface area contributed by atoms with E-state index in [2.05, 4.69) is 12.2 Å². The molecule has 2 N–H and O–H groups in total. The van der Waals surface area contributed by atoms with Gasteiger partial charge in [-0.2, -0.15) is 0 Å². The van der Waals surface area contributed by atoms with Gasteiger partial charge in [0.15, 0.2) is 0 Å². The van der Waals surface area contributed by atoms with Crippen LogP contribution in [0.2, 0.25) is 0 Å². The molecular formula is C25H34N2O5S. The second kappa shape index (κ2) is 10.1. The summed E-state index contributed by atoms with van der Waals surface area (Å²) in [7, 11) is 0. The predicted molar refractivity (Wildman–Crippen MR) is 127 cm³/mol. The van der Waals surface area contributed by atoms with Crippen LogP contribution in [0, 0.1) is 11.8 Å². The van der Waals surface area contributed by atoms with Gasteiger partial charge in [0.25, 0.3) is 0 Å². The van der Waals surface area contributed by atoms with Gasteiger partial charge in [0.2, 0.25) is 11.8 Å². The number of fused-ring (bicyclic) bond motifs is 1. The summed E-state index contributed by atoms with van der Waals surface area (Å²) >= 11 is 1.62. The number of rotatable bonds is 10. The Bertz CT molecular complexity index is 881. The number of hydrogen-bond acceptors (Lipinski definition) is 6. The first-order chi connectivity index (χ1) is 16.0. The van der Waals surface area contributed by atoms with Gasteiger partial charge < -0.3 is 20.1 Å². The zero-order valence-corrected chi connectivity index (χ0v) is 20.2. The fourth-order valence-electron chi connectivity index (χ4n) is 5.91. The van der Waals surface area contributed by atoms with E-state index in [0.29, 0.717) is 19.4 Å². The van der Waals surface area contributed by atoms with E-state index >= 15 is 0 Å². The molecule has 4 rings (SSSR count). The molecule has 1 aromatic carbocycles. The lowest BCUT2D eigenvalue weighted by Gasteiger charge is -2.37. The molecule has 1 spiro atoms. The molecule has 3 heterocycles. The smallest absolute Gasteiger partial charge is 0.310 e. The number of benzene rings is 1. The molecule has 2 bridgehead atoms. The second-order valence-corrected chi connectivity index (χ2v) is 10.8. The Morgan fingerprint density at radius 2 is 2.06 bits per heavy atom. The Hall–Kier alpha value is -2.06. The van der Waals surface area contributed by atoms with Gasteiger partial charge in [0.1, 0.15) is 6.04 Å². The number of carbonyl (C=O) groups is 3. The molecule has 180 valence electrons. The SMILES string of the molecule is CCCCNC(=O)C1N([C@@H](CO)Cc2ccccc2)C(=O)[C@@H]2[C@@H](C(=O)OCC)[C@H]3CCC12S3. The number of hydrogen-bond donors (Lipinski definition) is 2. The Labute approximate surface area is 199 Å². The van der Waals surface area contributed by atoms with Crippen molar-refractivity contribution in [1.82, 2.24) is 10.2 Å². The molecule has 0 aromatic heterocycles. The molecule has 2 amide bonds. The van der Waals surface area contributed by atoms with E-state index in [-0.39, 0.29) is 36.2 Å². The highest BCUT2D eigenvalue weighted by Crippen LogP contribution is 2.66. The molecule has 3 saturated heterocycles. The highest BCUT2D eigenvalue weighted by atomic mass is 32.2. The third kappa shape index (κ3) is 4.16. The fraction of sp³-hybridized carbons (Fsp3) is 0.640. The normalized spacial score (nSPS) is 30.9. The predicted octanol–water partition coefficient (Wildman–Crippen LogP) is 2.16. The van der Waals surface area contributed by atoms with E-state index in [4.69, 9.17) is 4.74 Å². The molecule has 6 atom stereocenters. The molecule has 3 aliphatic rings. The number of unbranched alkanes of at least 4 members (excludes halogenated alkanes) is 1. The van der Waals surface area contributed by atoms with Crippen LogP contribution in [-0.2, 0) is 25.5 Å². The number of nitrogens with zero attached hydrogens (tertiary/aromatic N) is 1. The van der Waals surface area contributed by atoms with Crippen molar-refractivity contribution < 1.29 is 24.2 Å². The van der Waals surface area contributed by atoms with Gasteiger partial charge in [0, 0.05) is 11.8 Å². The maximum atomic E-state index is 13.9. The first-order valence-corrected chi connectivity index (χ1v) is 13.0. The molecule has 7 nitrogen and oxygen atoms in total. The monoisotopic (exact) mass is 474 g/mol. The number of nitrogens with one attached hydrogen (secondary N) is 1. The van der Waals surface area contributed by atoms with Crippen LogP contribution in [-0.4, -0.2) is 69.6 Å². The lowest BCUT2D eigenvalue weighted by Crippen LogP contribution is -2.57. The topological polar surface area (TPSA) is 95.9 Å². The number of aliphatic hydroxyl groups is 1. The number of likely N-dealkylation sites (tertiary alicyclic amines) is 1. The highest BCUT2D eigenvalue weighted by molar-refractivity contribution is 8.02. The number of ether oxygens (including phenoxy) is 1. The van der Waals surface area contributed by atoms with Crippen LogP contribution in [0.3, 0.4) is 0 Å². The summed E-state index contributed by atoms with van der Waals surface area (Å²) in [5.41, 5.74) is 0.989. The molecule has 1 aromatic rings. The van der Waals surface area contributed by atoms with Crippen molar-refractivity contribution in [1.29, 1.82) is 0 Å². The van der Waals surface area contributed by atoms with E-state index in [0.717, 1.165) is 24.8 Å². The fourth-order valence-corrected chi connectivity index (χ4v) is 8.11. The minimum atomic E-state index is -0.706. The zero-order chi connectivity index (χ0) is 23.6. The number of esters is 1. The number of thioether (sulfide) groups is 1. The summed E-state index contributed by atoms with van der Waals surface area (Å²) in [6, 6.07) is 8.44. The summed E-state index contributed by atoms with van der Waals surface area (Å²) in [6.07, 6.45) is 3.75. The van der Waals surface area contributed by atoms with E-state index in [1.54, 1.807) is 23.6 Å². The average molecular weight is 475 g/mol. The van der Waals surface area contributed by atoms with Crippen molar-refractivity contribution in [3.8, 4) is 0 Å². The van der Waals surface area contributed by atoms with Crippen molar-refractivity contribution in [2.45, 2.75) is 68.0 Å². The van der Waals surface area contributed by atoms with Gasteiger partial charge in [-0.05, 0) is 38.2 Å². The summed E-state index contributed by atoms with van der Waals surface area (Å²) < 4.78 is 4.70. The molecule has 33 heavy (non-hydrogen) atoms. The quantitative estimate of drug-likeness (QED) is 0.399. The van der Waals surface area contributed by atoms with Gasteiger partial charge in [-0.1, -0.05) is 43.7 Å². The molecule has 2 unspecified atom stereocenters. The number of carbonyl (C=O) groups excluding carboxylic acids is 3. The van der Waals surface area contributed by atoms with Crippen molar-refractivity contribution in [3.05, 3.63) is 35.9 Å². The van der Waals surface area contributed by atoms with Gasteiger partial charge >= 0.3 is 5.97 Å². The van der Waals surface area contributed by atoms with Crippen LogP contribution in [0.15, 0.2) is 30.3 Å². The number of amides is 2. The Morgan fingerprint density at radius 1 is 1.30 bits per heavy atom. The van der Waals surface area contributed by atoms with Crippen LogP contribution in [0.5, 0.6) is 0 Å². The molecule has 0 radical (unpaired) electrons. The minimum Gasteiger partial charge on any atom is -0.466 e. The maximum absolute atomic E-state index is 13.9. The van der Waals surface area contributed by atoms with Crippen LogP contribution in [0.4, 0.5) is 0 Å². The van der Waals surface area contributed by atoms with Gasteiger partial charge in [-0.3, -0.25) is 14.4 Å². The molecule has 3 aliphatic heterocycles. The van der Waals surface area contributed by atoms with Gasteiger partial charge in [-0.15, -0.1) is 11.8 Å². The van der Waals surface area contributed by atoms with E-state index in [1.165, 1.54) is 0 Å². The third-order valence-electron chi connectivity index (χ3n) is 7.29. The first kappa shape index (κ1) is 24.1. The van der Waals surface area contributed by atoms with Crippen molar-refractivity contribution >= 4 is 29.5 Å². The molecule has 3 fully saturated rings. The Kier molecular flexibility index (Phi) is 7.34. The highest BCUT2D eigenvalue weighted by Gasteiger charge is 2.74.